The Morgan fingerprint density at radius 3 is 2.00 bits per heavy atom. The van der Waals surface area contributed by atoms with E-state index in [2.05, 4.69) is 6.58 Å². The quantitative estimate of drug-likeness (QED) is 0.709. The van der Waals surface area contributed by atoms with E-state index in [0.717, 1.165) is 12.8 Å². The summed E-state index contributed by atoms with van der Waals surface area (Å²) in [6.45, 7) is 13.3. The smallest absolute Gasteiger partial charge is 0.158 e. The summed E-state index contributed by atoms with van der Waals surface area (Å²) in [6, 6.07) is 0. The number of hydroxylamine groups is 2. The van der Waals surface area contributed by atoms with Crippen LogP contribution < -0.4 is 0 Å². The number of ketones is 1. The molecule has 1 rings (SSSR count). The topological polar surface area (TPSA) is 40.2 Å². The zero-order valence-electron chi connectivity index (χ0n) is 11.7. The van der Waals surface area contributed by atoms with Gasteiger partial charge in [0.2, 0.25) is 0 Å². The average molecular weight is 238 g/mol. The number of allylic oxidation sites excluding steroid dienone is 1. The van der Waals surface area contributed by atoms with E-state index >= 15 is 0 Å². The number of carbonyl (C=O) groups excluding carboxylic acids is 1. The third kappa shape index (κ3) is 3.17. The number of piperidine rings is 1. The average Bonchev–Trinajstić information content (AvgIpc) is 2.12. The van der Waals surface area contributed by atoms with Crippen LogP contribution in [-0.2, 0) is 10.0 Å². The van der Waals surface area contributed by atoms with Crippen molar-refractivity contribution in [3.05, 3.63) is 12.2 Å². The van der Waals surface area contributed by atoms with Crippen LogP contribution in [0.15, 0.2) is 12.2 Å². The van der Waals surface area contributed by atoms with E-state index < -0.39 is 0 Å². The molecular formula is C14H24NO2. The van der Waals surface area contributed by atoms with Gasteiger partial charge in [0.25, 0.3) is 0 Å². The predicted molar refractivity (Wildman–Crippen MR) is 67.8 cm³/mol. The minimum atomic E-state index is -0.387. The van der Waals surface area contributed by atoms with Gasteiger partial charge in [-0.1, -0.05) is 6.58 Å². The van der Waals surface area contributed by atoms with Gasteiger partial charge in [0.1, 0.15) is 0 Å². The largest absolute Gasteiger partial charge is 0.295 e. The second-order valence-corrected chi connectivity index (χ2v) is 6.60. The van der Waals surface area contributed by atoms with Gasteiger partial charge in [0.05, 0.1) is 0 Å². The summed E-state index contributed by atoms with van der Waals surface area (Å²) in [4.78, 5) is 11.7. The van der Waals surface area contributed by atoms with E-state index in [-0.39, 0.29) is 22.8 Å². The summed E-state index contributed by atoms with van der Waals surface area (Å²) in [6.07, 6.45) is 2.08. The molecule has 0 aromatic rings. The molecule has 0 N–H and O–H groups in total. The second kappa shape index (κ2) is 4.54. The fourth-order valence-corrected chi connectivity index (χ4v) is 3.05. The van der Waals surface area contributed by atoms with Crippen molar-refractivity contribution in [1.82, 2.24) is 5.06 Å². The van der Waals surface area contributed by atoms with Gasteiger partial charge in [-0.2, -0.15) is 0 Å². The first-order valence-corrected chi connectivity index (χ1v) is 6.22. The molecule has 0 unspecified atom stereocenters. The summed E-state index contributed by atoms with van der Waals surface area (Å²) >= 11 is 0. The zero-order valence-corrected chi connectivity index (χ0v) is 11.7. The number of hydrogen-bond donors (Lipinski definition) is 0. The van der Waals surface area contributed by atoms with Crippen LogP contribution in [0.4, 0.5) is 0 Å². The van der Waals surface area contributed by atoms with Crippen LogP contribution in [-0.4, -0.2) is 21.9 Å². The molecule has 1 saturated heterocycles. The molecule has 0 aromatic carbocycles. The third-order valence-electron chi connectivity index (χ3n) is 3.63. The molecule has 0 saturated carbocycles. The highest BCUT2D eigenvalue weighted by molar-refractivity contribution is 5.94. The molecule has 17 heavy (non-hydrogen) atoms. The van der Waals surface area contributed by atoms with Crippen molar-refractivity contribution in [1.29, 1.82) is 0 Å². The maximum Gasteiger partial charge on any atom is 0.158 e. The molecule has 1 heterocycles. The van der Waals surface area contributed by atoms with Crippen LogP contribution >= 0.6 is 0 Å². The first kappa shape index (κ1) is 14.4. The van der Waals surface area contributed by atoms with Crippen molar-refractivity contribution in [3.63, 3.8) is 0 Å². The van der Waals surface area contributed by atoms with Gasteiger partial charge in [0, 0.05) is 17.5 Å². The van der Waals surface area contributed by atoms with Crippen LogP contribution in [0.25, 0.3) is 0 Å². The Bertz CT molecular complexity index is 313. The van der Waals surface area contributed by atoms with Crippen LogP contribution in [0.3, 0.4) is 0 Å². The molecule has 0 aliphatic carbocycles. The standard InChI is InChI=1S/C14H24NO2/c1-10(2)12(16)7-11-8-13(3,4)15(17)14(5,6)9-11/h11H,1,7-9H2,2-6H3. The molecule has 0 atom stereocenters. The van der Waals surface area contributed by atoms with Crippen molar-refractivity contribution >= 4 is 5.78 Å². The van der Waals surface area contributed by atoms with Gasteiger partial charge >= 0.3 is 0 Å². The first-order chi connectivity index (χ1) is 7.56. The van der Waals surface area contributed by atoms with Crippen LogP contribution in [0.1, 0.15) is 53.9 Å². The molecule has 1 fully saturated rings. The molecule has 1 aliphatic heterocycles. The van der Waals surface area contributed by atoms with Crippen LogP contribution in [0, 0.1) is 5.92 Å². The number of carbonyl (C=O) groups is 1. The van der Waals surface area contributed by atoms with Crippen molar-refractivity contribution in [2.75, 3.05) is 0 Å². The molecule has 0 bridgehead atoms. The van der Waals surface area contributed by atoms with Gasteiger partial charge < -0.3 is 0 Å². The Hall–Kier alpha value is -0.670. The normalized spacial score (nSPS) is 24.6. The van der Waals surface area contributed by atoms with Crippen LogP contribution in [0.5, 0.6) is 0 Å². The van der Waals surface area contributed by atoms with Gasteiger partial charge in [-0.25, -0.2) is 0 Å². The van der Waals surface area contributed by atoms with E-state index in [0.29, 0.717) is 12.0 Å². The molecule has 1 aliphatic rings. The van der Waals surface area contributed by atoms with Crippen molar-refractivity contribution in [2.24, 2.45) is 5.92 Å². The minimum Gasteiger partial charge on any atom is -0.295 e. The maximum atomic E-state index is 12.1. The lowest BCUT2D eigenvalue weighted by Gasteiger charge is -2.50. The first-order valence-electron chi connectivity index (χ1n) is 6.22. The lowest BCUT2D eigenvalue weighted by Crippen LogP contribution is -2.58. The van der Waals surface area contributed by atoms with E-state index in [4.69, 9.17) is 0 Å². The van der Waals surface area contributed by atoms with Crippen LogP contribution in [0.2, 0.25) is 0 Å². The van der Waals surface area contributed by atoms with E-state index in [1.807, 2.05) is 27.7 Å². The predicted octanol–water partition coefficient (Wildman–Crippen LogP) is 3.14. The molecule has 97 valence electrons. The van der Waals surface area contributed by atoms with Gasteiger partial charge in [-0.15, -0.1) is 10.3 Å². The molecule has 0 amide bonds. The van der Waals surface area contributed by atoms with Gasteiger partial charge in [-0.3, -0.25) is 4.79 Å². The summed E-state index contributed by atoms with van der Waals surface area (Å²) < 4.78 is 0. The Labute approximate surface area is 104 Å². The fraction of sp³-hybridized carbons (Fsp3) is 0.786. The molecule has 0 aromatic heterocycles. The maximum absolute atomic E-state index is 12.1. The SMILES string of the molecule is C=C(C)C(=O)CC1CC(C)(C)N([O])C(C)(C)C1. The van der Waals surface area contributed by atoms with Gasteiger partial charge in [0.15, 0.2) is 5.78 Å². The van der Waals surface area contributed by atoms with E-state index in [1.165, 1.54) is 5.06 Å². The molecule has 0 spiro atoms. The van der Waals surface area contributed by atoms with Crippen molar-refractivity contribution in [3.8, 4) is 0 Å². The minimum absolute atomic E-state index is 0.126. The second-order valence-electron chi connectivity index (χ2n) is 6.60. The van der Waals surface area contributed by atoms with Crippen molar-refractivity contribution in [2.45, 2.75) is 65.0 Å². The lowest BCUT2D eigenvalue weighted by atomic mass is 9.73. The number of hydrogen-bond acceptors (Lipinski definition) is 2. The highest BCUT2D eigenvalue weighted by Crippen LogP contribution is 2.41. The summed E-state index contributed by atoms with van der Waals surface area (Å²) in [5.74, 6) is 0.412. The van der Waals surface area contributed by atoms with E-state index in [9.17, 15) is 10.0 Å². The summed E-state index contributed by atoms with van der Waals surface area (Å²) in [5, 5.41) is 13.3. The molecular weight excluding hydrogens is 214 g/mol. The summed E-state index contributed by atoms with van der Waals surface area (Å²) in [5.41, 5.74) is -0.158. The van der Waals surface area contributed by atoms with Crippen molar-refractivity contribution < 1.29 is 10.0 Å². The molecule has 3 nitrogen and oxygen atoms in total. The Morgan fingerprint density at radius 1 is 1.24 bits per heavy atom. The number of rotatable bonds is 3. The highest BCUT2D eigenvalue weighted by atomic mass is 16.5. The molecule has 3 heteroatoms. The Morgan fingerprint density at radius 2 is 1.65 bits per heavy atom. The zero-order chi connectivity index (χ0) is 13.4. The monoisotopic (exact) mass is 238 g/mol. The van der Waals surface area contributed by atoms with Gasteiger partial charge in [-0.05, 0) is 59.0 Å². The summed E-state index contributed by atoms with van der Waals surface area (Å²) in [7, 11) is 0. The fourth-order valence-electron chi connectivity index (χ4n) is 3.05. The Balaban J connectivity index is 2.78. The number of Topliss-reactive ketones (excluding diaryl/α,β-unsaturated/α-hetero) is 1. The van der Waals surface area contributed by atoms with E-state index in [1.54, 1.807) is 6.92 Å². The number of nitrogens with zero attached hydrogens (tertiary/aromatic N) is 1. The molecule has 1 radical (unpaired) electrons. The highest BCUT2D eigenvalue weighted by Gasteiger charge is 2.46. The third-order valence-corrected chi connectivity index (χ3v) is 3.63. The lowest BCUT2D eigenvalue weighted by molar-refractivity contribution is -0.294. The Kier molecular flexibility index (Phi) is 3.84.